The van der Waals surface area contributed by atoms with E-state index < -0.39 is 4.92 Å². The van der Waals surface area contributed by atoms with Crippen molar-refractivity contribution >= 4 is 5.69 Å². The molecule has 0 radical (unpaired) electrons. The van der Waals surface area contributed by atoms with Crippen LogP contribution in [0.15, 0.2) is 28.9 Å². The molecule has 0 aliphatic heterocycles. The molecule has 19 heavy (non-hydrogen) atoms. The van der Waals surface area contributed by atoms with E-state index >= 15 is 0 Å². The molecule has 0 atom stereocenters. The van der Waals surface area contributed by atoms with Gasteiger partial charge in [-0.2, -0.15) is 0 Å². The summed E-state index contributed by atoms with van der Waals surface area (Å²) in [6.07, 6.45) is 1.53. The number of non-ortho nitro benzene ring substituents is 1. The van der Waals surface area contributed by atoms with Gasteiger partial charge in [0.25, 0.3) is 5.69 Å². The number of ether oxygens (including phenoxy) is 1. The van der Waals surface area contributed by atoms with Crippen LogP contribution >= 0.6 is 0 Å². The molecule has 0 amide bonds. The van der Waals surface area contributed by atoms with E-state index in [4.69, 9.17) is 9.15 Å². The number of hydrogen-bond acceptors (Lipinski definition) is 6. The molecule has 1 aromatic heterocycles. The van der Waals surface area contributed by atoms with Gasteiger partial charge >= 0.3 is 0 Å². The van der Waals surface area contributed by atoms with Crippen molar-refractivity contribution in [3.8, 4) is 17.2 Å². The van der Waals surface area contributed by atoms with Crippen molar-refractivity contribution in [3.63, 3.8) is 0 Å². The van der Waals surface area contributed by atoms with Gasteiger partial charge in [-0.05, 0) is 13.1 Å². The van der Waals surface area contributed by atoms with Crippen LogP contribution in [0.4, 0.5) is 5.69 Å². The fourth-order valence-electron chi connectivity index (χ4n) is 1.66. The van der Waals surface area contributed by atoms with E-state index in [0.29, 0.717) is 23.7 Å². The molecule has 100 valence electrons. The first-order valence-corrected chi connectivity index (χ1v) is 5.57. The third kappa shape index (κ3) is 2.71. The lowest BCUT2D eigenvalue weighted by Crippen LogP contribution is -2.04. The molecule has 0 saturated carbocycles. The number of aromatic nitrogens is 1. The predicted molar refractivity (Wildman–Crippen MR) is 67.9 cm³/mol. The van der Waals surface area contributed by atoms with Crippen LogP contribution in [0, 0.1) is 10.1 Å². The maximum Gasteiger partial charge on any atom is 0.273 e. The summed E-state index contributed by atoms with van der Waals surface area (Å²) in [6, 6.07) is 4.29. The van der Waals surface area contributed by atoms with Gasteiger partial charge in [0.05, 0.1) is 29.4 Å². The number of hydrogen-bond donors (Lipinski definition) is 1. The quantitative estimate of drug-likeness (QED) is 0.655. The first kappa shape index (κ1) is 13.0. The van der Waals surface area contributed by atoms with E-state index in [1.807, 2.05) is 0 Å². The Kier molecular flexibility index (Phi) is 3.76. The summed E-state index contributed by atoms with van der Waals surface area (Å²) < 4.78 is 10.5. The summed E-state index contributed by atoms with van der Waals surface area (Å²) >= 11 is 0. The van der Waals surface area contributed by atoms with Gasteiger partial charge in [-0.15, -0.1) is 0 Å². The van der Waals surface area contributed by atoms with Crippen LogP contribution in [0.1, 0.15) is 5.69 Å². The Morgan fingerprint density at radius 3 is 2.95 bits per heavy atom. The minimum atomic E-state index is -0.478. The SMILES string of the molecule is CNCc1coc(-c2ccc([N+](=O)[O-])cc2OC)n1. The van der Waals surface area contributed by atoms with Gasteiger partial charge in [-0.1, -0.05) is 0 Å². The minimum absolute atomic E-state index is 0.0393. The van der Waals surface area contributed by atoms with Gasteiger partial charge in [-0.3, -0.25) is 10.1 Å². The summed E-state index contributed by atoms with van der Waals surface area (Å²) in [5, 5.41) is 13.7. The Hall–Kier alpha value is -2.41. The number of benzene rings is 1. The highest BCUT2D eigenvalue weighted by atomic mass is 16.6. The van der Waals surface area contributed by atoms with E-state index in [1.54, 1.807) is 13.1 Å². The van der Waals surface area contributed by atoms with Crippen LogP contribution in [-0.2, 0) is 6.54 Å². The maximum atomic E-state index is 10.7. The van der Waals surface area contributed by atoms with Crippen molar-refractivity contribution in [3.05, 3.63) is 40.3 Å². The number of rotatable bonds is 5. The smallest absolute Gasteiger partial charge is 0.273 e. The second-order valence-corrected chi connectivity index (χ2v) is 3.82. The van der Waals surface area contributed by atoms with Crippen LogP contribution in [0.3, 0.4) is 0 Å². The molecule has 0 bridgehead atoms. The van der Waals surface area contributed by atoms with Gasteiger partial charge in [0.2, 0.25) is 5.89 Å². The highest BCUT2D eigenvalue weighted by molar-refractivity contribution is 5.65. The summed E-state index contributed by atoms with van der Waals surface area (Å²) in [5.74, 6) is 0.726. The summed E-state index contributed by atoms with van der Waals surface area (Å²) in [7, 11) is 3.25. The molecular weight excluding hydrogens is 250 g/mol. The summed E-state index contributed by atoms with van der Waals surface area (Å²) in [5.41, 5.74) is 1.29. The summed E-state index contributed by atoms with van der Waals surface area (Å²) in [6.45, 7) is 0.582. The van der Waals surface area contributed by atoms with Crippen LogP contribution in [0.2, 0.25) is 0 Å². The Morgan fingerprint density at radius 1 is 1.53 bits per heavy atom. The van der Waals surface area contributed by atoms with E-state index in [2.05, 4.69) is 10.3 Å². The van der Waals surface area contributed by atoms with E-state index in [1.165, 1.54) is 25.5 Å². The van der Waals surface area contributed by atoms with Crippen LogP contribution < -0.4 is 10.1 Å². The Bertz CT molecular complexity index is 594. The van der Waals surface area contributed by atoms with Gasteiger partial charge in [0.15, 0.2) is 0 Å². The van der Waals surface area contributed by atoms with Gasteiger partial charge in [0, 0.05) is 12.6 Å². The van der Waals surface area contributed by atoms with Crippen molar-refractivity contribution in [1.29, 1.82) is 0 Å². The predicted octanol–water partition coefficient (Wildman–Crippen LogP) is 1.98. The number of nitro benzene ring substituents is 1. The molecule has 2 rings (SSSR count). The average molecular weight is 263 g/mol. The molecule has 7 heteroatoms. The van der Waals surface area contributed by atoms with Crippen molar-refractivity contribution < 1.29 is 14.1 Å². The molecule has 0 spiro atoms. The van der Waals surface area contributed by atoms with Crippen molar-refractivity contribution in [2.75, 3.05) is 14.2 Å². The fourth-order valence-corrected chi connectivity index (χ4v) is 1.66. The van der Waals surface area contributed by atoms with Gasteiger partial charge in [-0.25, -0.2) is 4.98 Å². The highest BCUT2D eigenvalue weighted by Gasteiger charge is 2.16. The molecule has 2 aromatic rings. The second-order valence-electron chi connectivity index (χ2n) is 3.82. The molecule has 1 N–H and O–H groups in total. The van der Waals surface area contributed by atoms with Gasteiger partial charge in [0.1, 0.15) is 12.0 Å². The minimum Gasteiger partial charge on any atom is -0.496 e. The largest absolute Gasteiger partial charge is 0.496 e. The van der Waals surface area contributed by atoms with E-state index in [-0.39, 0.29) is 5.69 Å². The Labute approximate surface area is 109 Å². The lowest BCUT2D eigenvalue weighted by molar-refractivity contribution is -0.384. The number of nitrogens with zero attached hydrogens (tertiary/aromatic N) is 2. The first-order chi connectivity index (χ1) is 9.15. The Balaban J connectivity index is 2.40. The molecule has 0 saturated heterocycles. The van der Waals surface area contributed by atoms with Crippen molar-refractivity contribution in [2.45, 2.75) is 6.54 Å². The molecule has 0 fully saturated rings. The standard InChI is InChI=1S/C12H13N3O4/c1-13-6-8-7-19-12(14-8)10-4-3-9(15(16)17)5-11(10)18-2/h3-5,7,13H,6H2,1-2H3. The number of nitrogens with one attached hydrogen (secondary N) is 1. The lowest BCUT2D eigenvalue weighted by Gasteiger charge is -2.04. The normalized spacial score (nSPS) is 10.4. The molecule has 1 heterocycles. The molecule has 0 unspecified atom stereocenters. The maximum absolute atomic E-state index is 10.7. The van der Waals surface area contributed by atoms with Crippen LogP contribution in [-0.4, -0.2) is 24.1 Å². The van der Waals surface area contributed by atoms with Crippen LogP contribution in [0.5, 0.6) is 5.75 Å². The topological polar surface area (TPSA) is 90.4 Å². The monoisotopic (exact) mass is 263 g/mol. The summed E-state index contributed by atoms with van der Waals surface area (Å²) in [4.78, 5) is 14.5. The van der Waals surface area contributed by atoms with Crippen molar-refractivity contribution in [1.82, 2.24) is 10.3 Å². The van der Waals surface area contributed by atoms with E-state index in [9.17, 15) is 10.1 Å². The first-order valence-electron chi connectivity index (χ1n) is 5.57. The second kappa shape index (κ2) is 5.49. The van der Waals surface area contributed by atoms with Gasteiger partial charge < -0.3 is 14.5 Å². The molecule has 0 aliphatic rings. The molecular formula is C12H13N3O4. The van der Waals surface area contributed by atoms with Crippen molar-refractivity contribution in [2.24, 2.45) is 0 Å². The lowest BCUT2D eigenvalue weighted by atomic mass is 10.2. The zero-order chi connectivity index (χ0) is 13.8. The zero-order valence-corrected chi connectivity index (χ0v) is 10.5. The number of nitro groups is 1. The average Bonchev–Trinajstić information content (AvgIpc) is 2.86. The third-order valence-corrected chi connectivity index (χ3v) is 2.54. The Morgan fingerprint density at radius 2 is 2.32 bits per heavy atom. The third-order valence-electron chi connectivity index (χ3n) is 2.54. The molecule has 1 aromatic carbocycles. The fraction of sp³-hybridized carbons (Fsp3) is 0.250. The van der Waals surface area contributed by atoms with Crippen LogP contribution in [0.25, 0.3) is 11.5 Å². The number of oxazole rings is 1. The highest BCUT2D eigenvalue weighted by Crippen LogP contribution is 2.32. The van der Waals surface area contributed by atoms with E-state index in [0.717, 1.165) is 5.69 Å². The number of methoxy groups -OCH3 is 1. The molecule has 7 nitrogen and oxygen atoms in total. The molecule has 0 aliphatic carbocycles. The zero-order valence-electron chi connectivity index (χ0n) is 10.5.